The molecule has 0 atom stereocenters. The van der Waals surface area contributed by atoms with E-state index < -0.39 is 0 Å². The van der Waals surface area contributed by atoms with Gasteiger partial charge in [-0.15, -0.1) is 0 Å². The summed E-state index contributed by atoms with van der Waals surface area (Å²) in [5, 5.41) is 6.70. The van der Waals surface area contributed by atoms with Crippen LogP contribution >= 0.6 is 11.3 Å². The quantitative estimate of drug-likeness (QED) is 0.152. The number of hydrogen-bond donors (Lipinski definition) is 0. The van der Waals surface area contributed by atoms with Gasteiger partial charge in [-0.3, -0.25) is 4.98 Å². The monoisotopic (exact) mass is 978 g/mol. The van der Waals surface area contributed by atoms with Gasteiger partial charge in [0.1, 0.15) is 0 Å². The molecule has 0 radical (unpaired) electrons. The summed E-state index contributed by atoms with van der Waals surface area (Å²) in [6, 6.07) is 40.4. The van der Waals surface area contributed by atoms with Crippen LogP contribution in [0.2, 0.25) is 0 Å². The Morgan fingerprint density at radius 1 is 0.279 bits per heavy atom. The van der Waals surface area contributed by atoms with E-state index in [1.165, 1.54) is 16.3 Å². The predicted molar refractivity (Wildman–Crippen MR) is 342 cm³/mol. The zero-order valence-corrected chi connectivity index (χ0v) is 53.6. The molecular weight excluding hydrogens is 843 g/mol. The number of aromatic nitrogens is 1. The van der Waals surface area contributed by atoms with E-state index in [0.29, 0.717) is 0 Å². The zero-order valence-electron chi connectivity index (χ0n) is 52.8. The minimum atomic E-state index is 0. The smallest absolute Gasteiger partial charge is 0.0902 e. The van der Waals surface area contributed by atoms with Gasteiger partial charge in [0.2, 0.25) is 0 Å². The summed E-state index contributed by atoms with van der Waals surface area (Å²) in [6.07, 6.45) is 6.75. The highest BCUT2D eigenvalue weighted by Gasteiger charge is 1.85. The predicted octanol–water partition coefficient (Wildman–Crippen LogP) is 27.0. The van der Waals surface area contributed by atoms with Crippen LogP contribution in [0.5, 0.6) is 0 Å². The van der Waals surface area contributed by atoms with Gasteiger partial charge >= 0.3 is 0 Å². The van der Waals surface area contributed by atoms with E-state index in [1.54, 1.807) is 36.3 Å². The highest BCUT2D eigenvalue weighted by Crippen LogP contribution is 2.11. The largest absolute Gasteiger partial charge is 0.473 e. The molecule has 0 unspecified atom stereocenters. The van der Waals surface area contributed by atoms with Gasteiger partial charge in [-0.2, -0.15) is 11.3 Å². The van der Waals surface area contributed by atoms with E-state index in [0.717, 1.165) is 0 Å². The summed E-state index contributed by atoms with van der Waals surface area (Å²) in [5.74, 6) is 0. The molecule has 0 saturated heterocycles. The van der Waals surface area contributed by atoms with Gasteiger partial charge in [0.25, 0.3) is 0 Å². The van der Waals surface area contributed by atoms with Crippen LogP contribution in [0.25, 0.3) is 10.8 Å². The molecule has 0 bridgehead atoms. The Labute approximate surface area is 441 Å². The topological polar surface area (TPSA) is 26.0 Å². The molecule has 3 aromatic carbocycles. The van der Waals surface area contributed by atoms with Gasteiger partial charge in [0, 0.05) is 12.4 Å². The maximum atomic E-state index is 4.58. The molecule has 6 aromatic rings. The third-order valence-electron chi connectivity index (χ3n) is 4.02. The number of aryl methyl sites for hydroxylation is 1. The Balaban J connectivity index is -0.0000000278. The van der Waals surface area contributed by atoms with Crippen molar-refractivity contribution in [3.8, 4) is 0 Å². The van der Waals surface area contributed by atoms with Crippen molar-refractivity contribution in [1.29, 1.82) is 0 Å². The van der Waals surface area contributed by atoms with Gasteiger partial charge in [-0.25, -0.2) is 0 Å². The second kappa shape index (κ2) is 209. The van der Waals surface area contributed by atoms with Gasteiger partial charge in [0.05, 0.1) is 12.5 Å². The summed E-state index contributed by atoms with van der Waals surface area (Å²) >= 11 is 1.71. The molecule has 3 aromatic heterocycles. The highest BCUT2D eigenvalue weighted by atomic mass is 32.1. The third kappa shape index (κ3) is 160. The average Bonchev–Trinajstić information content (AvgIpc) is 4.31. The normalized spacial score (nSPS) is 5.75. The molecule has 0 fully saturated rings. The van der Waals surface area contributed by atoms with E-state index in [2.05, 4.69) is 77.0 Å². The first-order valence-electron chi connectivity index (χ1n) is 27.6. The van der Waals surface area contributed by atoms with E-state index in [-0.39, 0.29) is 7.43 Å². The number of benzene rings is 3. The molecule has 2 nitrogen and oxygen atoms in total. The molecule has 3 heterocycles. The molecule has 0 aliphatic rings. The lowest BCUT2D eigenvalue weighted by Crippen LogP contribution is -1.67. The standard InChI is InChI=1S/C10H8.C7H8.C5H5N.C4H4O.C4H4S.17C2H6.CH4/c1-2-6-10-8-4-3-7-9(10)5-1;1-7-5-3-2-4-6-7;1-2-4-6-5-3-1;2*1-2-4-5-3-1;17*1-2;/h1-8H;2-6H,1H3;1-5H;2*1-4H;17*1-2H3;1H4. The first kappa shape index (κ1) is 115. The first-order valence-corrected chi connectivity index (χ1v) is 28.6. The van der Waals surface area contributed by atoms with Crippen LogP contribution in [0, 0.1) is 6.92 Å². The molecule has 412 valence electrons. The van der Waals surface area contributed by atoms with Crippen LogP contribution < -0.4 is 0 Å². The van der Waals surface area contributed by atoms with E-state index in [9.17, 15) is 0 Å². The molecule has 0 aliphatic heterocycles. The van der Waals surface area contributed by atoms with Crippen molar-refractivity contribution in [2.75, 3.05) is 0 Å². The van der Waals surface area contributed by atoms with Crippen molar-refractivity contribution in [3.05, 3.63) is 163 Å². The number of fused-ring (bicyclic) bond motifs is 1. The molecular formula is C65H135NOS. The number of nitrogens with zero attached hydrogens (tertiary/aromatic N) is 1. The van der Waals surface area contributed by atoms with Crippen LogP contribution in [0.3, 0.4) is 0 Å². The third-order valence-corrected chi connectivity index (χ3v) is 4.64. The molecule has 0 amide bonds. The van der Waals surface area contributed by atoms with Crippen LogP contribution in [-0.4, -0.2) is 4.98 Å². The number of rotatable bonds is 0. The van der Waals surface area contributed by atoms with Crippen molar-refractivity contribution in [1.82, 2.24) is 4.98 Å². The Morgan fingerprint density at radius 3 is 0.618 bits per heavy atom. The molecule has 3 heteroatoms. The first-order chi connectivity index (χ1) is 33.4. The minimum absolute atomic E-state index is 0. The summed E-state index contributed by atoms with van der Waals surface area (Å²) in [4.78, 5) is 3.78. The van der Waals surface area contributed by atoms with Crippen LogP contribution in [0.4, 0.5) is 0 Å². The zero-order chi connectivity index (χ0) is 57.2. The van der Waals surface area contributed by atoms with Crippen molar-refractivity contribution in [3.63, 3.8) is 0 Å². The minimum Gasteiger partial charge on any atom is -0.473 e. The summed E-state index contributed by atoms with van der Waals surface area (Å²) < 4.78 is 4.58. The van der Waals surface area contributed by atoms with Crippen molar-refractivity contribution < 1.29 is 4.42 Å². The molecule has 68 heavy (non-hydrogen) atoms. The van der Waals surface area contributed by atoms with E-state index >= 15 is 0 Å². The van der Waals surface area contributed by atoms with Gasteiger partial charge in [-0.05, 0) is 52.7 Å². The lowest BCUT2D eigenvalue weighted by molar-refractivity contribution is 0.567. The molecule has 6 rings (SSSR count). The fourth-order valence-corrected chi connectivity index (χ4v) is 2.89. The Morgan fingerprint density at radius 2 is 0.500 bits per heavy atom. The lowest BCUT2D eigenvalue weighted by atomic mass is 10.1. The van der Waals surface area contributed by atoms with E-state index in [4.69, 9.17) is 0 Å². The highest BCUT2D eigenvalue weighted by molar-refractivity contribution is 7.07. The molecule has 0 N–H and O–H groups in total. The number of pyridine rings is 1. The lowest BCUT2D eigenvalue weighted by Gasteiger charge is -1.92. The summed E-state index contributed by atoms with van der Waals surface area (Å²) in [7, 11) is 0. The van der Waals surface area contributed by atoms with Crippen molar-refractivity contribution in [2.45, 2.75) is 250 Å². The van der Waals surface area contributed by atoms with Crippen LogP contribution in [0.15, 0.2) is 161 Å². The van der Waals surface area contributed by atoms with Crippen LogP contribution in [0.1, 0.15) is 248 Å². The van der Waals surface area contributed by atoms with Crippen molar-refractivity contribution >= 4 is 22.1 Å². The maximum Gasteiger partial charge on any atom is 0.0902 e. The fraction of sp³-hybridized carbons (Fsp3) is 0.554. The van der Waals surface area contributed by atoms with Gasteiger partial charge in [0.15, 0.2) is 0 Å². The average molecular weight is 979 g/mol. The van der Waals surface area contributed by atoms with Gasteiger partial charge in [-0.1, -0.05) is 345 Å². The summed E-state index contributed by atoms with van der Waals surface area (Å²) in [5.41, 5.74) is 1.32. The summed E-state index contributed by atoms with van der Waals surface area (Å²) in [6.45, 7) is 70.1. The van der Waals surface area contributed by atoms with Crippen LogP contribution in [-0.2, 0) is 0 Å². The second-order valence-electron chi connectivity index (χ2n) is 6.61. The van der Waals surface area contributed by atoms with Crippen molar-refractivity contribution in [2.24, 2.45) is 0 Å². The molecule has 0 spiro atoms. The number of thiophene rings is 1. The number of hydrogen-bond acceptors (Lipinski definition) is 3. The Kier molecular flexibility index (Phi) is 354. The fourth-order valence-electron chi connectivity index (χ4n) is 2.43. The van der Waals surface area contributed by atoms with E-state index in [1.807, 2.05) is 307 Å². The Hall–Kier alpha value is -3.95. The SMILES string of the molecule is C.CC.CC.CC.CC.CC.CC.CC.CC.CC.CC.CC.CC.CC.CC.CC.CC.CC.Cc1ccccc1.c1ccc2ccccc2c1.c1ccncc1.c1ccoc1.c1ccsc1. The van der Waals surface area contributed by atoms with Gasteiger partial charge < -0.3 is 4.42 Å². The molecule has 0 saturated carbocycles. The Bertz CT molecular complexity index is 1010. The maximum absolute atomic E-state index is 4.58. The second-order valence-corrected chi connectivity index (χ2v) is 7.43. The number of furan rings is 1. The molecule has 0 aliphatic carbocycles.